The van der Waals surface area contributed by atoms with Crippen LogP contribution in [-0.4, -0.2) is 23.2 Å². The number of rotatable bonds is 4. The zero-order valence-electron chi connectivity index (χ0n) is 10.8. The summed E-state index contributed by atoms with van der Waals surface area (Å²) < 4.78 is 0. The summed E-state index contributed by atoms with van der Waals surface area (Å²) in [7, 11) is 0. The van der Waals surface area contributed by atoms with Gasteiger partial charge >= 0.3 is 0 Å². The fourth-order valence-electron chi connectivity index (χ4n) is 2.04. The van der Waals surface area contributed by atoms with Gasteiger partial charge in [-0.05, 0) is 38.5 Å². The molecule has 1 aliphatic rings. The highest BCUT2D eigenvalue weighted by atomic mass is 16.3. The molecule has 2 N–H and O–H groups in total. The Bertz CT molecular complexity index is 299. The van der Waals surface area contributed by atoms with E-state index in [1.54, 1.807) is 12.2 Å². The second-order valence-corrected chi connectivity index (χ2v) is 5.01. The molecule has 0 bridgehead atoms. The Morgan fingerprint density at radius 3 is 2.65 bits per heavy atom. The molecule has 0 heterocycles. The number of amides is 1. The van der Waals surface area contributed by atoms with Crippen molar-refractivity contribution in [1.29, 1.82) is 0 Å². The van der Waals surface area contributed by atoms with Crippen molar-refractivity contribution in [1.82, 2.24) is 5.32 Å². The first-order chi connectivity index (χ1) is 8.06. The van der Waals surface area contributed by atoms with E-state index in [1.165, 1.54) is 6.08 Å². The first-order valence-corrected chi connectivity index (χ1v) is 6.35. The van der Waals surface area contributed by atoms with Gasteiger partial charge in [-0.25, -0.2) is 0 Å². The van der Waals surface area contributed by atoms with Crippen molar-refractivity contribution in [3.05, 3.63) is 24.3 Å². The Hall–Kier alpha value is -1.09. The standard InChI is InChI=1S/C14H23NO2/c1-3-4-5-6-13(16)15-11-14(17)9-7-12(2)8-10-14/h3-6,12,17H,7-11H2,1-2H3,(H,15,16). The SMILES string of the molecule is CC=CC=CC(=O)NCC1(O)CCC(C)CC1. The highest BCUT2D eigenvalue weighted by Crippen LogP contribution is 2.31. The molecule has 1 fully saturated rings. The van der Waals surface area contributed by atoms with Gasteiger partial charge in [0.05, 0.1) is 5.60 Å². The Labute approximate surface area is 104 Å². The van der Waals surface area contributed by atoms with E-state index in [4.69, 9.17) is 0 Å². The lowest BCUT2D eigenvalue weighted by molar-refractivity contribution is -0.118. The molecular weight excluding hydrogens is 214 g/mol. The van der Waals surface area contributed by atoms with Gasteiger partial charge in [-0.15, -0.1) is 0 Å². The van der Waals surface area contributed by atoms with Crippen LogP contribution in [0.25, 0.3) is 0 Å². The number of nitrogens with one attached hydrogen (secondary N) is 1. The Morgan fingerprint density at radius 2 is 2.06 bits per heavy atom. The zero-order chi connectivity index (χ0) is 12.7. The molecule has 0 aromatic heterocycles. The molecule has 3 heteroatoms. The van der Waals surface area contributed by atoms with E-state index >= 15 is 0 Å². The molecule has 0 saturated heterocycles. The summed E-state index contributed by atoms with van der Waals surface area (Å²) in [4.78, 5) is 11.4. The summed E-state index contributed by atoms with van der Waals surface area (Å²) in [5.41, 5.74) is -0.698. The molecule has 1 rings (SSSR count). The monoisotopic (exact) mass is 237 g/mol. The van der Waals surface area contributed by atoms with Gasteiger partial charge in [-0.3, -0.25) is 4.79 Å². The van der Waals surface area contributed by atoms with Crippen molar-refractivity contribution in [3.8, 4) is 0 Å². The Balaban J connectivity index is 2.32. The quantitative estimate of drug-likeness (QED) is 0.581. The van der Waals surface area contributed by atoms with Crippen LogP contribution >= 0.6 is 0 Å². The first-order valence-electron chi connectivity index (χ1n) is 6.35. The second-order valence-electron chi connectivity index (χ2n) is 5.01. The van der Waals surface area contributed by atoms with Crippen molar-refractivity contribution < 1.29 is 9.90 Å². The summed E-state index contributed by atoms with van der Waals surface area (Å²) >= 11 is 0. The third-order valence-corrected chi connectivity index (χ3v) is 3.35. The fourth-order valence-corrected chi connectivity index (χ4v) is 2.04. The third kappa shape index (κ3) is 5.18. The number of hydrogen-bond donors (Lipinski definition) is 2. The molecule has 0 radical (unpaired) electrons. The minimum atomic E-state index is -0.698. The van der Waals surface area contributed by atoms with Crippen LogP contribution < -0.4 is 5.32 Å². The van der Waals surface area contributed by atoms with Crippen LogP contribution in [0.15, 0.2) is 24.3 Å². The summed E-state index contributed by atoms with van der Waals surface area (Å²) in [6.07, 6.45) is 10.5. The van der Waals surface area contributed by atoms with E-state index in [1.807, 2.05) is 13.0 Å². The first kappa shape index (κ1) is 14.0. The van der Waals surface area contributed by atoms with Crippen molar-refractivity contribution >= 4 is 5.91 Å². The summed E-state index contributed by atoms with van der Waals surface area (Å²) in [6, 6.07) is 0. The summed E-state index contributed by atoms with van der Waals surface area (Å²) in [5, 5.41) is 13.0. The predicted molar refractivity (Wildman–Crippen MR) is 69.5 cm³/mol. The maximum Gasteiger partial charge on any atom is 0.244 e. The van der Waals surface area contributed by atoms with Crippen LogP contribution in [0, 0.1) is 5.92 Å². The number of allylic oxidation sites excluding steroid dienone is 3. The second kappa shape index (κ2) is 6.60. The maximum absolute atomic E-state index is 11.4. The minimum absolute atomic E-state index is 0.143. The molecule has 96 valence electrons. The van der Waals surface area contributed by atoms with Gasteiger partial charge < -0.3 is 10.4 Å². The summed E-state index contributed by atoms with van der Waals surface area (Å²) in [5.74, 6) is 0.552. The number of aliphatic hydroxyl groups is 1. The predicted octanol–water partition coefficient (Wildman–Crippen LogP) is 2.18. The molecule has 0 spiro atoms. The molecule has 0 unspecified atom stereocenters. The highest BCUT2D eigenvalue weighted by Gasteiger charge is 2.31. The van der Waals surface area contributed by atoms with E-state index in [0.717, 1.165) is 25.7 Å². The lowest BCUT2D eigenvalue weighted by Gasteiger charge is -2.34. The van der Waals surface area contributed by atoms with Gasteiger partial charge in [-0.1, -0.05) is 25.2 Å². The van der Waals surface area contributed by atoms with Crippen molar-refractivity contribution in [2.45, 2.75) is 45.1 Å². The van der Waals surface area contributed by atoms with Crippen LogP contribution in [-0.2, 0) is 4.79 Å². The van der Waals surface area contributed by atoms with E-state index < -0.39 is 5.60 Å². The average Bonchev–Trinajstić information content (AvgIpc) is 2.32. The normalized spacial score (nSPS) is 29.9. The molecular formula is C14H23NO2. The molecule has 0 aromatic carbocycles. The van der Waals surface area contributed by atoms with Gasteiger partial charge in [-0.2, -0.15) is 0 Å². The van der Waals surface area contributed by atoms with E-state index in [0.29, 0.717) is 12.5 Å². The molecule has 17 heavy (non-hydrogen) atoms. The minimum Gasteiger partial charge on any atom is -0.388 e. The van der Waals surface area contributed by atoms with Gasteiger partial charge in [0, 0.05) is 12.6 Å². The van der Waals surface area contributed by atoms with Gasteiger partial charge in [0.15, 0.2) is 0 Å². The fraction of sp³-hybridized carbons (Fsp3) is 0.643. The Morgan fingerprint density at radius 1 is 1.41 bits per heavy atom. The van der Waals surface area contributed by atoms with Crippen molar-refractivity contribution in [3.63, 3.8) is 0 Å². The topological polar surface area (TPSA) is 49.3 Å². The van der Waals surface area contributed by atoms with Crippen molar-refractivity contribution in [2.75, 3.05) is 6.54 Å². The van der Waals surface area contributed by atoms with Crippen LogP contribution in [0.2, 0.25) is 0 Å². The number of hydrogen-bond acceptors (Lipinski definition) is 2. The molecule has 0 atom stereocenters. The largest absolute Gasteiger partial charge is 0.388 e. The smallest absolute Gasteiger partial charge is 0.244 e. The highest BCUT2D eigenvalue weighted by molar-refractivity contribution is 5.87. The van der Waals surface area contributed by atoms with Crippen LogP contribution in [0.4, 0.5) is 0 Å². The zero-order valence-corrected chi connectivity index (χ0v) is 10.8. The van der Waals surface area contributed by atoms with Crippen molar-refractivity contribution in [2.24, 2.45) is 5.92 Å². The molecule has 1 aliphatic carbocycles. The average molecular weight is 237 g/mol. The lowest BCUT2D eigenvalue weighted by Crippen LogP contribution is -2.44. The van der Waals surface area contributed by atoms with Crippen LogP contribution in [0.3, 0.4) is 0 Å². The number of carbonyl (C=O) groups is 1. The van der Waals surface area contributed by atoms with Gasteiger partial charge in [0.2, 0.25) is 5.91 Å². The maximum atomic E-state index is 11.4. The van der Waals surface area contributed by atoms with E-state index in [9.17, 15) is 9.90 Å². The Kier molecular flexibility index (Phi) is 5.42. The van der Waals surface area contributed by atoms with E-state index in [-0.39, 0.29) is 5.91 Å². The molecule has 3 nitrogen and oxygen atoms in total. The van der Waals surface area contributed by atoms with E-state index in [2.05, 4.69) is 12.2 Å². The molecule has 0 aliphatic heterocycles. The van der Waals surface area contributed by atoms with Crippen LogP contribution in [0.5, 0.6) is 0 Å². The van der Waals surface area contributed by atoms with Gasteiger partial charge in [0.25, 0.3) is 0 Å². The third-order valence-electron chi connectivity index (χ3n) is 3.35. The number of carbonyl (C=O) groups excluding carboxylic acids is 1. The van der Waals surface area contributed by atoms with Gasteiger partial charge in [0.1, 0.15) is 0 Å². The lowest BCUT2D eigenvalue weighted by atomic mass is 9.79. The molecule has 0 aromatic rings. The van der Waals surface area contributed by atoms with Crippen LogP contribution in [0.1, 0.15) is 39.5 Å². The molecule has 1 saturated carbocycles. The molecule has 1 amide bonds. The summed E-state index contributed by atoms with van der Waals surface area (Å²) in [6.45, 7) is 4.46.